The summed E-state index contributed by atoms with van der Waals surface area (Å²) in [6.45, 7) is 0. The number of phenols is 1. The Morgan fingerprint density at radius 2 is 1.87 bits per heavy atom. The highest BCUT2D eigenvalue weighted by Gasteiger charge is 2.20. The number of methoxy groups -OCH3 is 1. The molecule has 0 aromatic heterocycles. The van der Waals surface area contributed by atoms with Crippen LogP contribution in [0.4, 0.5) is 4.79 Å². The molecule has 0 saturated heterocycles. The van der Waals surface area contributed by atoms with Crippen molar-refractivity contribution < 1.29 is 34.2 Å². The number of alkyl carbamates (subject to hydrolysis) is 1. The van der Waals surface area contributed by atoms with Crippen LogP contribution in [0.25, 0.3) is 0 Å². The minimum Gasteiger partial charge on any atom is -0.504 e. The fourth-order valence-electron chi connectivity index (χ4n) is 2.76. The molecule has 0 unspecified atom stereocenters. The van der Waals surface area contributed by atoms with E-state index in [-0.39, 0.29) is 11.5 Å². The van der Waals surface area contributed by atoms with Crippen molar-refractivity contribution in [1.82, 2.24) is 10.8 Å². The highest BCUT2D eigenvalue weighted by atomic mass is 16.6. The second-order valence-electron chi connectivity index (χ2n) is 6.45. The first-order valence-electron chi connectivity index (χ1n) is 9.49. The second kappa shape index (κ2) is 12.0. The van der Waals surface area contributed by atoms with Crippen molar-refractivity contribution >= 4 is 17.9 Å². The zero-order valence-corrected chi connectivity index (χ0v) is 16.9. The highest BCUT2D eigenvalue weighted by Crippen LogP contribution is 2.32. The maximum Gasteiger partial charge on any atom is 0.414 e. The van der Waals surface area contributed by atoms with Crippen LogP contribution in [-0.4, -0.2) is 35.3 Å². The number of unbranched alkanes of at least 4 members (excludes halogenated alkanes) is 1. The summed E-state index contributed by atoms with van der Waals surface area (Å²) in [5, 5.41) is 20.7. The van der Waals surface area contributed by atoms with E-state index in [2.05, 4.69) is 5.32 Å². The number of imide groups is 1. The Kier molecular flexibility index (Phi) is 9.06. The number of carbonyl (C=O) groups excluding carboxylic acids is 3. The minimum atomic E-state index is -0.927. The third kappa shape index (κ3) is 7.48. The average molecular weight is 428 g/mol. The van der Waals surface area contributed by atoms with Gasteiger partial charge in [0.2, 0.25) is 0 Å². The zero-order valence-electron chi connectivity index (χ0n) is 16.9. The zero-order chi connectivity index (χ0) is 22.6. The average Bonchev–Trinajstić information content (AvgIpc) is 2.78. The lowest BCUT2D eigenvalue weighted by molar-refractivity contribution is -0.124. The quantitative estimate of drug-likeness (QED) is 0.208. The van der Waals surface area contributed by atoms with Gasteiger partial charge in [0.25, 0.3) is 11.8 Å². The minimum absolute atomic E-state index is 0.117. The number of phenolic OH excluding ortho intramolecular Hbond substituents is 1. The number of benzene rings is 2. The van der Waals surface area contributed by atoms with Gasteiger partial charge in [-0.3, -0.25) is 20.1 Å². The van der Waals surface area contributed by atoms with Crippen LogP contribution in [-0.2, 0) is 9.53 Å². The molecule has 9 nitrogen and oxygen atoms in total. The van der Waals surface area contributed by atoms with E-state index in [1.807, 2.05) is 0 Å². The molecule has 0 bridgehead atoms. The first-order chi connectivity index (χ1) is 14.9. The third-order valence-electron chi connectivity index (χ3n) is 4.29. The number of hydroxylamine groups is 1. The molecule has 2 aromatic carbocycles. The van der Waals surface area contributed by atoms with E-state index in [1.165, 1.54) is 24.7 Å². The van der Waals surface area contributed by atoms with Crippen molar-refractivity contribution in [2.45, 2.75) is 25.4 Å². The van der Waals surface area contributed by atoms with Gasteiger partial charge in [0, 0.05) is 11.6 Å². The Labute approximate surface area is 179 Å². The van der Waals surface area contributed by atoms with Crippen molar-refractivity contribution in [3.8, 4) is 11.5 Å². The topological polar surface area (TPSA) is 134 Å². The van der Waals surface area contributed by atoms with Crippen LogP contribution in [0.3, 0.4) is 0 Å². The molecule has 9 heteroatoms. The molecular weight excluding hydrogens is 404 g/mol. The van der Waals surface area contributed by atoms with Crippen LogP contribution >= 0.6 is 0 Å². The summed E-state index contributed by atoms with van der Waals surface area (Å²) >= 11 is 0. The van der Waals surface area contributed by atoms with Crippen LogP contribution in [0.5, 0.6) is 11.5 Å². The van der Waals surface area contributed by atoms with Gasteiger partial charge in [0.15, 0.2) is 11.5 Å². The van der Waals surface area contributed by atoms with Crippen LogP contribution in [0.2, 0.25) is 0 Å². The Bertz CT molecular complexity index is 929. The van der Waals surface area contributed by atoms with Crippen molar-refractivity contribution in [1.29, 1.82) is 0 Å². The molecule has 4 N–H and O–H groups in total. The van der Waals surface area contributed by atoms with E-state index < -0.39 is 24.0 Å². The molecule has 2 rings (SSSR count). The number of hydrogen-bond donors (Lipinski definition) is 4. The Balaban J connectivity index is 2.06. The molecule has 2 aromatic rings. The van der Waals surface area contributed by atoms with Gasteiger partial charge in [-0.05, 0) is 49.1 Å². The molecular formula is C22H24N2O7. The molecule has 1 atom stereocenters. The molecule has 0 saturated carbocycles. The summed E-state index contributed by atoms with van der Waals surface area (Å²) in [6.07, 6.45) is 2.40. The van der Waals surface area contributed by atoms with Gasteiger partial charge in [0.05, 0.1) is 7.11 Å². The number of ether oxygens (including phenoxy) is 2. The van der Waals surface area contributed by atoms with Gasteiger partial charge < -0.3 is 14.6 Å². The maximum absolute atomic E-state index is 12.3. The molecule has 31 heavy (non-hydrogen) atoms. The monoisotopic (exact) mass is 428 g/mol. The van der Waals surface area contributed by atoms with E-state index in [4.69, 9.17) is 14.7 Å². The number of nitrogens with one attached hydrogen (secondary N) is 2. The smallest absolute Gasteiger partial charge is 0.414 e. The van der Waals surface area contributed by atoms with Crippen molar-refractivity contribution in [2.24, 2.45) is 0 Å². The Hall–Kier alpha value is -3.85. The van der Waals surface area contributed by atoms with Crippen LogP contribution < -0.4 is 15.5 Å². The molecule has 164 valence electrons. The molecule has 3 amide bonds. The molecule has 0 fully saturated rings. The number of allylic oxidation sites excluding steroid dienone is 1. The number of carbonyl (C=O) groups is 3. The number of aromatic hydroxyl groups is 1. The lowest BCUT2D eigenvalue weighted by atomic mass is 10.0. The lowest BCUT2D eigenvalue weighted by Gasteiger charge is -2.19. The first-order valence-corrected chi connectivity index (χ1v) is 9.49. The van der Waals surface area contributed by atoms with Gasteiger partial charge in [0.1, 0.15) is 6.10 Å². The fourth-order valence-corrected chi connectivity index (χ4v) is 2.76. The maximum atomic E-state index is 12.3. The molecule has 0 heterocycles. The normalized spacial score (nSPS) is 11.5. The summed E-state index contributed by atoms with van der Waals surface area (Å²) < 4.78 is 10.5. The fraction of sp³-hybridized carbons (Fsp3) is 0.227. The van der Waals surface area contributed by atoms with Crippen LogP contribution in [0, 0.1) is 0 Å². The summed E-state index contributed by atoms with van der Waals surface area (Å²) in [5.41, 5.74) is 2.31. The van der Waals surface area contributed by atoms with E-state index in [9.17, 15) is 19.5 Å². The Morgan fingerprint density at radius 3 is 2.52 bits per heavy atom. The third-order valence-corrected chi connectivity index (χ3v) is 4.29. The predicted octanol–water partition coefficient (Wildman–Crippen LogP) is 3.24. The summed E-state index contributed by atoms with van der Waals surface area (Å²) in [6, 6.07) is 12.8. The highest BCUT2D eigenvalue weighted by molar-refractivity contribution is 6.02. The van der Waals surface area contributed by atoms with Crippen molar-refractivity contribution in [2.75, 3.05) is 7.11 Å². The van der Waals surface area contributed by atoms with Crippen LogP contribution in [0.1, 0.15) is 41.3 Å². The molecule has 0 spiro atoms. The Morgan fingerprint density at radius 1 is 1.13 bits per heavy atom. The number of amides is 3. The second-order valence-corrected chi connectivity index (χ2v) is 6.45. The summed E-state index contributed by atoms with van der Waals surface area (Å²) in [5.74, 6) is -1.09. The van der Waals surface area contributed by atoms with Gasteiger partial charge >= 0.3 is 6.09 Å². The molecule has 0 aliphatic rings. The number of rotatable bonds is 9. The van der Waals surface area contributed by atoms with Crippen molar-refractivity contribution in [3.63, 3.8) is 0 Å². The molecule has 0 aliphatic carbocycles. The molecule has 0 aliphatic heterocycles. The van der Waals surface area contributed by atoms with E-state index in [0.717, 1.165) is 0 Å². The van der Waals surface area contributed by atoms with Gasteiger partial charge in [-0.15, -0.1) is 0 Å². The lowest BCUT2D eigenvalue weighted by Crippen LogP contribution is -2.32. The summed E-state index contributed by atoms with van der Waals surface area (Å²) in [7, 11) is 1.42. The van der Waals surface area contributed by atoms with Crippen LogP contribution in [0.15, 0.2) is 60.7 Å². The first kappa shape index (κ1) is 23.4. The summed E-state index contributed by atoms with van der Waals surface area (Å²) in [4.78, 5) is 35.5. The van der Waals surface area contributed by atoms with Crippen molar-refractivity contribution in [3.05, 3.63) is 71.8 Å². The van der Waals surface area contributed by atoms with Gasteiger partial charge in [-0.1, -0.05) is 30.3 Å². The van der Waals surface area contributed by atoms with Gasteiger partial charge in [-0.2, -0.15) is 0 Å². The van der Waals surface area contributed by atoms with E-state index in [0.29, 0.717) is 30.4 Å². The molecule has 0 radical (unpaired) electrons. The number of hydrogen-bond acceptors (Lipinski definition) is 7. The SMILES string of the molecule is COc1ccc([C@@H](CCC/C=C/C(=O)NO)OC(=O)NC(=O)c2ccccc2)cc1O. The predicted molar refractivity (Wildman–Crippen MR) is 111 cm³/mol. The van der Waals surface area contributed by atoms with E-state index in [1.54, 1.807) is 48.5 Å². The van der Waals surface area contributed by atoms with E-state index >= 15 is 0 Å². The van der Waals surface area contributed by atoms with Gasteiger partial charge in [-0.25, -0.2) is 10.3 Å². The standard InChI is InChI=1S/C22H24N2O7/c1-30-19-13-12-16(14-17(19)25)18(10-6-3-7-11-20(26)24-29)31-22(28)23-21(27)15-8-4-2-5-9-15/h2,4-5,7-9,11-14,18,25,29H,3,6,10H2,1H3,(H,24,26)(H,23,27,28)/b11-7+/t18-/m1/s1. The largest absolute Gasteiger partial charge is 0.504 e.